The molecule has 38 heavy (non-hydrogen) atoms. The molecule has 0 radical (unpaired) electrons. The number of benzene rings is 1. The molecular formula is C26H27Cl2FN6O3. The molecule has 0 unspecified atom stereocenters. The minimum absolute atomic E-state index is 0.0729. The smallest absolute Gasteiger partial charge is 0.245 e. The Kier molecular flexibility index (Phi) is 7.13. The van der Waals surface area contributed by atoms with E-state index in [9.17, 15) is 18.8 Å². The number of aromatic nitrogens is 4. The Morgan fingerprint density at radius 1 is 1.18 bits per heavy atom. The number of likely N-dealkylation sites (tertiary alicyclic amines) is 1. The van der Waals surface area contributed by atoms with Gasteiger partial charge in [-0.3, -0.25) is 19.1 Å². The molecule has 3 aromatic rings. The summed E-state index contributed by atoms with van der Waals surface area (Å²) >= 11 is 12.1. The van der Waals surface area contributed by atoms with E-state index in [4.69, 9.17) is 23.2 Å². The number of hydrogen-bond acceptors (Lipinski definition) is 6. The van der Waals surface area contributed by atoms with Gasteiger partial charge in [-0.2, -0.15) is 5.10 Å². The highest BCUT2D eigenvalue weighted by molar-refractivity contribution is 6.50. The third-order valence-corrected chi connectivity index (χ3v) is 8.03. The fourth-order valence-corrected chi connectivity index (χ4v) is 5.47. The largest absolute Gasteiger partial charge is 0.354 e. The monoisotopic (exact) mass is 560 g/mol. The Morgan fingerprint density at radius 2 is 1.89 bits per heavy atom. The molecule has 0 bridgehead atoms. The molecule has 3 heterocycles. The molecule has 3 atom stereocenters. The van der Waals surface area contributed by atoms with Gasteiger partial charge < -0.3 is 10.2 Å². The lowest BCUT2D eigenvalue weighted by atomic mass is 10.0. The molecule has 9 nitrogen and oxygen atoms in total. The first-order valence-electron chi connectivity index (χ1n) is 12.4. The number of Topliss-reactive ketones (excluding diaryl/α,β-unsaturated/α-hetero) is 1. The Balaban J connectivity index is 1.33. The minimum atomic E-state index is -1.31. The highest BCUT2D eigenvalue weighted by atomic mass is 35.5. The van der Waals surface area contributed by atoms with E-state index in [0.29, 0.717) is 36.1 Å². The van der Waals surface area contributed by atoms with Crippen molar-refractivity contribution in [3.05, 3.63) is 42.1 Å². The number of nitrogens with one attached hydrogen (secondary N) is 1. The predicted molar refractivity (Wildman–Crippen MR) is 141 cm³/mol. The highest BCUT2D eigenvalue weighted by Crippen LogP contribution is 2.54. The zero-order valence-corrected chi connectivity index (χ0v) is 22.5. The molecule has 1 N–H and O–H groups in total. The Morgan fingerprint density at radius 3 is 2.55 bits per heavy atom. The molecule has 1 aromatic carbocycles. The maximum atomic E-state index is 14.4. The van der Waals surface area contributed by atoms with Crippen LogP contribution in [0.2, 0.25) is 0 Å². The van der Waals surface area contributed by atoms with Crippen LogP contribution in [0, 0.1) is 12.8 Å². The first-order chi connectivity index (χ1) is 18.0. The van der Waals surface area contributed by atoms with E-state index in [0.717, 1.165) is 11.1 Å². The number of fused-ring (bicyclic) bond motifs is 1. The number of nitrogens with zero attached hydrogens (tertiary/aromatic N) is 5. The molecule has 5 rings (SSSR count). The lowest BCUT2D eigenvalue weighted by Gasteiger charge is -2.23. The molecule has 1 aliphatic heterocycles. The van der Waals surface area contributed by atoms with Gasteiger partial charge in [-0.05, 0) is 43.4 Å². The van der Waals surface area contributed by atoms with Crippen LogP contribution in [0.25, 0.3) is 22.0 Å². The molecule has 2 aromatic heterocycles. The SMILES string of the molecule is CC(=O)c1nn(CC(=O)N2C[C@H](F)C[C@H]2C(=O)NCC[C@@H]2CC2(Cl)Cl)c2ccc(-c3cnc(C)nc3)cc12. The first kappa shape index (κ1) is 26.5. The van der Waals surface area contributed by atoms with Crippen LogP contribution in [0.5, 0.6) is 0 Å². The van der Waals surface area contributed by atoms with Crippen LogP contribution in [0.15, 0.2) is 30.6 Å². The molecule has 1 saturated carbocycles. The number of carbonyl (C=O) groups is 3. The summed E-state index contributed by atoms with van der Waals surface area (Å²) in [6, 6.07) is 4.50. The van der Waals surface area contributed by atoms with Crippen LogP contribution < -0.4 is 5.32 Å². The quantitative estimate of drug-likeness (QED) is 0.332. The number of carbonyl (C=O) groups excluding carboxylic acids is 3. The summed E-state index contributed by atoms with van der Waals surface area (Å²) in [5, 5.41) is 7.76. The molecule has 200 valence electrons. The molecular weight excluding hydrogens is 534 g/mol. The second-order valence-corrected chi connectivity index (χ2v) is 11.5. The predicted octanol–water partition coefficient (Wildman–Crippen LogP) is 3.64. The van der Waals surface area contributed by atoms with Crippen molar-refractivity contribution < 1.29 is 18.8 Å². The van der Waals surface area contributed by atoms with E-state index in [2.05, 4.69) is 20.4 Å². The molecule has 2 aliphatic rings. The van der Waals surface area contributed by atoms with Crippen LogP contribution in [0.4, 0.5) is 4.39 Å². The van der Waals surface area contributed by atoms with Crippen molar-refractivity contribution in [2.45, 2.75) is 56.2 Å². The van der Waals surface area contributed by atoms with Crippen LogP contribution in [-0.2, 0) is 16.1 Å². The van der Waals surface area contributed by atoms with Crippen molar-refractivity contribution >= 4 is 51.7 Å². The van der Waals surface area contributed by atoms with E-state index >= 15 is 0 Å². The van der Waals surface area contributed by atoms with Gasteiger partial charge in [0.2, 0.25) is 11.8 Å². The Hall–Kier alpha value is -3.11. The molecule has 1 saturated heterocycles. The molecule has 12 heteroatoms. The van der Waals surface area contributed by atoms with Gasteiger partial charge in [0.05, 0.1) is 12.1 Å². The van der Waals surface area contributed by atoms with Gasteiger partial charge in [0.15, 0.2) is 5.78 Å². The van der Waals surface area contributed by atoms with Crippen molar-refractivity contribution in [2.75, 3.05) is 13.1 Å². The number of aryl methyl sites for hydroxylation is 1. The summed E-state index contributed by atoms with van der Waals surface area (Å²) in [5.74, 6) is -0.360. The van der Waals surface area contributed by atoms with Gasteiger partial charge >= 0.3 is 0 Å². The van der Waals surface area contributed by atoms with Crippen molar-refractivity contribution in [2.24, 2.45) is 5.92 Å². The average Bonchev–Trinajstić information content (AvgIpc) is 3.17. The van der Waals surface area contributed by atoms with Crippen molar-refractivity contribution in [1.82, 2.24) is 30.0 Å². The number of alkyl halides is 3. The van der Waals surface area contributed by atoms with Crippen molar-refractivity contribution in [3.63, 3.8) is 0 Å². The molecule has 1 aliphatic carbocycles. The normalized spacial score (nSPS) is 22.0. The fourth-order valence-electron chi connectivity index (χ4n) is 4.88. The first-order valence-corrected chi connectivity index (χ1v) is 13.2. The zero-order chi connectivity index (χ0) is 27.2. The number of amides is 2. The maximum absolute atomic E-state index is 14.4. The van der Waals surface area contributed by atoms with E-state index in [-0.39, 0.29) is 36.9 Å². The van der Waals surface area contributed by atoms with Gasteiger partial charge in [0.25, 0.3) is 0 Å². The molecule has 2 fully saturated rings. The Bertz CT molecular complexity index is 1410. The average molecular weight is 561 g/mol. The lowest BCUT2D eigenvalue weighted by Crippen LogP contribution is -2.47. The maximum Gasteiger partial charge on any atom is 0.245 e. The van der Waals surface area contributed by atoms with Crippen molar-refractivity contribution in [1.29, 1.82) is 0 Å². The highest BCUT2D eigenvalue weighted by Gasteiger charge is 2.51. The van der Waals surface area contributed by atoms with Gasteiger partial charge in [-0.1, -0.05) is 6.07 Å². The van der Waals surface area contributed by atoms with Crippen LogP contribution in [0.1, 0.15) is 42.5 Å². The van der Waals surface area contributed by atoms with E-state index < -0.39 is 28.4 Å². The zero-order valence-electron chi connectivity index (χ0n) is 21.0. The molecule has 0 spiro atoms. The standard InChI is InChI=1S/C26H27Cl2FN6O3/c1-14(36)24-20-7-16(17-10-31-15(2)32-11-17)3-4-21(20)35(33-24)13-23(37)34-12-19(29)8-22(34)25(38)30-6-5-18-9-26(18,27)28/h3-4,7,10-11,18-19,22H,5-6,8-9,12-13H2,1-2H3,(H,30,38)/t18-,19-,22+/m1/s1. The number of rotatable bonds is 8. The summed E-state index contributed by atoms with van der Waals surface area (Å²) in [6.07, 6.45) is 3.30. The van der Waals surface area contributed by atoms with E-state index in [1.54, 1.807) is 25.4 Å². The van der Waals surface area contributed by atoms with Crippen LogP contribution >= 0.6 is 23.2 Å². The van der Waals surface area contributed by atoms with Gasteiger partial charge in [-0.25, -0.2) is 14.4 Å². The van der Waals surface area contributed by atoms with E-state index in [1.807, 2.05) is 12.1 Å². The van der Waals surface area contributed by atoms with Crippen LogP contribution in [-0.4, -0.2) is 71.9 Å². The van der Waals surface area contributed by atoms with Gasteiger partial charge in [0, 0.05) is 43.2 Å². The topological polar surface area (TPSA) is 110 Å². The van der Waals surface area contributed by atoms with Crippen LogP contribution in [0.3, 0.4) is 0 Å². The summed E-state index contributed by atoms with van der Waals surface area (Å²) in [6.45, 7) is 3.13. The second kappa shape index (κ2) is 10.2. The van der Waals surface area contributed by atoms with Crippen molar-refractivity contribution in [3.8, 4) is 11.1 Å². The minimum Gasteiger partial charge on any atom is -0.354 e. The summed E-state index contributed by atoms with van der Waals surface area (Å²) in [7, 11) is 0. The number of hydrogen-bond donors (Lipinski definition) is 1. The third kappa shape index (κ3) is 5.37. The summed E-state index contributed by atoms with van der Waals surface area (Å²) < 4.78 is 15.0. The number of halogens is 3. The second-order valence-electron chi connectivity index (χ2n) is 9.95. The van der Waals surface area contributed by atoms with Gasteiger partial charge in [0.1, 0.15) is 34.6 Å². The summed E-state index contributed by atoms with van der Waals surface area (Å²) in [4.78, 5) is 48.1. The summed E-state index contributed by atoms with van der Waals surface area (Å²) in [5.41, 5.74) is 2.37. The Labute approximate surface area is 228 Å². The third-order valence-electron chi connectivity index (χ3n) is 7.10. The lowest BCUT2D eigenvalue weighted by molar-refractivity contribution is -0.139. The van der Waals surface area contributed by atoms with Gasteiger partial charge in [-0.15, -0.1) is 23.2 Å². The number of ketones is 1. The molecule has 2 amide bonds. The fraction of sp³-hybridized carbons (Fsp3) is 0.462. The van der Waals surface area contributed by atoms with E-state index in [1.165, 1.54) is 16.5 Å².